The van der Waals surface area contributed by atoms with Crippen LogP contribution in [-0.4, -0.2) is 31.5 Å². The summed E-state index contributed by atoms with van der Waals surface area (Å²) in [6.45, 7) is 7.57. The van der Waals surface area contributed by atoms with Crippen molar-refractivity contribution >= 4 is 22.2 Å². The molecule has 3 aliphatic rings. The van der Waals surface area contributed by atoms with Crippen LogP contribution in [0.4, 0.5) is 0 Å². The summed E-state index contributed by atoms with van der Waals surface area (Å²) >= 11 is 0. The van der Waals surface area contributed by atoms with E-state index in [0.29, 0.717) is 11.8 Å². The number of hydrogen-bond acceptors (Lipinski definition) is 3. The lowest BCUT2D eigenvalue weighted by Crippen LogP contribution is -2.38. The maximum Gasteiger partial charge on any atom is 0.388 e. The van der Waals surface area contributed by atoms with Crippen LogP contribution in [-0.2, 0) is 19.6 Å². The van der Waals surface area contributed by atoms with Crippen LogP contribution in [0.1, 0.15) is 59.8 Å². The highest BCUT2D eigenvalue weighted by Gasteiger charge is 2.49. The number of fused-ring (bicyclic) bond motifs is 1. The number of esters is 1. The molecule has 1 aliphatic heterocycles. The van der Waals surface area contributed by atoms with E-state index in [1.807, 2.05) is 0 Å². The van der Waals surface area contributed by atoms with Gasteiger partial charge in [0.2, 0.25) is 0 Å². The van der Waals surface area contributed by atoms with Gasteiger partial charge in [0, 0.05) is 17.4 Å². The van der Waals surface area contributed by atoms with E-state index in [9.17, 15) is 13.2 Å². The normalized spacial score (nSPS) is 35.0. The molecule has 5 nitrogen and oxygen atoms in total. The van der Waals surface area contributed by atoms with E-state index in [0.717, 1.165) is 43.3 Å². The molecule has 0 aromatic rings. The van der Waals surface area contributed by atoms with Crippen LogP contribution in [0.25, 0.3) is 0 Å². The van der Waals surface area contributed by atoms with Gasteiger partial charge < -0.3 is 4.74 Å². The van der Waals surface area contributed by atoms with Crippen molar-refractivity contribution in [2.45, 2.75) is 70.7 Å². The van der Waals surface area contributed by atoms with Crippen LogP contribution in [0, 0.1) is 17.8 Å². The number of carbonyl (C=O) groups excluding carboxylic acids is 1. The van der Waals surface area contributed by atoms with Gasteiger partial charge in [0.05, 0.1) is 0 Å². The topological polar surface area (TPSA) is 77.1 Å². The molecule has 1 N–H and O–H groups in total. The molecule has 1 spiro atoms. The van der Waals surface area contributed by atoms with Gasteiger partial charge in [-0.3, -0.25) is 0 Å². The molecule has 0 aromatic carbocycles. The Hall–Kier alpha value is -1.43. The number of carbonyl (C=O) groups is 1. The first-order valence-corrected chi connectivity index (χ1v) is 11.1. The number of nitrogens with zero attached hydrogens (tertiary/aromatic N) is 1. The van der Waals surface area contributed by atoms with Crippen molar-refractivity contribution in [1.82, 2.24) is 0 Å². The maximum atomic E-state index is 12.3. The molecule has 1 fully saturated rings. The Morgan fingerprint density at radius 3 is 2.62 bits per heavy atom. The van der Waals surface area contributed by atoms with Gasteiger partial charge in [-0.2, -0.15) is 4.21 Å². The minimum absolute atomic E-state index is 0.131. The van der Waals surface area contributed by atoms with Crippen LogP contribution in [0.2, 0.25) is 0 Å². The lowest BCUT2D eigenvalue weighted by molar-refractivity contribution is -0.150. The summed E-state index contributed by atoms with van der Waals surface area (Å²) in [5.74, 6) is 0.771. The molecule has 0 aromatic heterocycles. The average Bonchev–Trinajstić information content (AvgIpc) is 2.85. The van der Waals surface area contributed by atoms with E-state index in [1.54, 1.807) is 20.1 Å². The van der Waals surface area contributed by atoms with Gasteiger partial charge in [0.15, 0.2) is 0 Å². The van der Waals surface area contributed by atoms with Gasteiger partial charge in [-0.15, -0.1) is 4.40 Å². The largest absolute Gasteiger partial charge is 0.451 e. The van der Waals surface area contributed by atoms with Gasteiger partial charge in [-0.25, -0.2) is 9.00 Å². The fourth-order valence-electron chi connectivity index (χ4n) is 4.21. The van der Waals surface area contributed by atoms with E-state index >= 15 is 0 Å². The van der Waals surface area contributed by atoms with Crippen LogP contribution in [0.15, 0.2) is 27.7 Å². The zero-order valence-electron chi connectivity index (χ0n) is 16.1. The summed E-state index contributed by atoms with van der Waals surface area (Å²) in [5, 5.41) is -0.385. The molecule has 0 saturated heterocycles. The van der Waals surface area contributed by atoms with Gasteiger partial charge >= 0.3 is 16.0 Å². The first-order valence-electron chi connectivity index (χ1n) is 9.60. The van der Waals surface area contributed by atoms with Crippen molar-refractivity contribution in [1.29, 1.82) is 0 Å². The van der Waals surface area contributed by atoms with Crippen molar-refractivity contribution in [2.75, 3.05) is 0 Å². The number of hydrogen-bond donors (Lipinski definition) is 0. The van der Waals surface area contributed by atoms with Crippen molar-refractivity contribution < 1.29 is 17.9 Å². The molecule has 3 rings (SSSR count). The quantitative estimate of drug-likeness (QED) is 0.421. The fraction of sp³-hybridized carbons (Fsp3) is 0.700. The lowest BCUT2D eigenvalue weighted by Gasteiger charge is -2.39. The Morgan fingerprint density at radius 2 is 2.00 bits per heavy atom. The second-order valence-corrected chi connectivity index (χ2v) is 10.6. The predicted molar refractivity (Wildman–Crippen MR) is 104 cm³/mol. The number of allylic oxidation sites excluding steroid dienone is 1. The molecule has 1 saturated carbocycles. The van der Waals surface area contributed by atoms with E-state index in [4.69, 9.17) is 4.74 Å². The van der Waals surface area contributed by atoms with Crippen LogP contribution in [0.3, 0.4) is 0 Å². The zero-order valence-corrected chi connectivity index (χ0v) is 16.9. The maximum absolute atomic E-state index is 12.3. The summed E-state index contributed by atoms with van der Waals surface area (Å²) in [7, 11) is -3.15. The molecule has 2 aliphatic carbocycles. The number of ether oxygens (including phenoxy) is 1. The Kier molecular flexibility index (Phi) is 5.17. The standard InChI is InChI=1S/C20H29NO4S/c1-13(2)26(23,24)21-12-15(4)16-7-9-20(10-8-16)18-6-5-14(3)11-17(18)19(22)25-20/h5-6,12-16H,7-11H2,1-4H3/p+1. The van der Waals surface area contributed by atoms with Crippen LogP contribution in [0.5, 0.6) is 0 Å². The summed E-state index contributed by atoms with van der Waals surface area (Å²) < 4.78 is 31.7. The average molecular weight is 381 g/mol. The van der Waals surface area contributed by atoms with Crippen molar-refractivity contribution in [3.63, 3.8) is 0 Å². The van der Waals surface area contributed by atoms with E-state index in [-0.39, 0.29) is 17.1 Å². The Bertz CT molecular complexity index is 768. The Labute approximate surface area is 156 Å². The molecule has 0 amide bonds. The second kappa shape index (κ2) is 6.95. The van der Waals surface area contributed by atoms with Crippen LogP contribution < -0.4 is 0 Å². The highest BCUT2D eigenvalue weighted by Crippen LogP contribution is 2.49. The van der Waals surface area contributed by atoms with Crippen molar-refractivity contribution in [3.8, 4) is 0 Å². The van der Waals surface area contributed by atoms with Gasteiger partial charge in [-0.1, -0.05) is 26.0 Å². The van der Waals surface area contributed by atoms with Crippen LogP contribution >= 0.6 is 0 Å². The summed E-state index contributed by atoms with van der Waals surface area (Å²) in [5.41, 5.74) is 1.52. The molecule has 3 atom stereocenters. The Morgan fingerprint density at radius 1 is 1.35 bits per heavy atom. The smallest absolute Gasteiger partial charge is 0.388 e. The molecule has 3 unspecified atom stereocenters. The lowest BCUT2D eigenvalue weighted by atomic mass is 9.70. The first kappa shape index (κ1) is 19.3. The molecule has 26 heavy (non-hydrogen) atoms. The van der Waals surface area contributed by atoms with Crippen molar-refractivity contribution in [2.24, 2.45) is 22.2 Å². The molecule has 1 heterocycles. The van der Waals surface area contributed by atoms with Gasteiger partial charge in [-0.05, 0) is 63.7 Å². The van der Waals surface area contributed by atoms with E-state index < -0.39 is 15.6 Å². The highest BCUT2D eigenvalue weighted by molar-refractivity contribution is 7.90. The third-order valence-electron chi connectivity index (χ3n) is 6.11. The highest BCUT2D eigenvalue weighted by atomic mass is 32.2. The monoisotopic (exact) mass is 380 g/mol. The molecule has 0 bridgehead atoms. The first-order chi connectivity index (χ1) is 12.1. The molecule has 144 valence electrons. The predicted octanol–water partition coefficient (Wildman–Crippen LogP) is 3.97. The zero-order chi connectivity index (χ0) is 19.1. The molecule has 0 radical (unpaired) electrons. The fourth-order valence-corrected chi connectivity index (χ4v) is 4.82. The molecular formula is C20H30NO4S+. The summed E-state index contributed by atoms with van der Waals surface area (Å²) in [6, 6.07) is 0. The third kappa shape index (κ3) is 3.53. The summed E-state index contributed by atoms with van der Waals surface area (Å²) in [6.07, 6.45) is 10.2. The number of rotatable bonds is 4. The SMILES string of the molecule is CC1C=CC2=C(C1)C(=O)OC21CCC(C(C)C=NS(=O)(=[OH+])C(C)C)CC1. The van der Waals surface area contributed by atoms with Gasteiger partial charge in [0.1, 0.15) is 10.9 Å². The summed E-state index contributed by atoms with van der Waals surface area (Å²) in [4.78, 5) is 12.3. The van der Waals surface area contributed by atoms with E-state index in [1.165, 1.54) is 0 Å². The second-order valence-electron chi connectivity index (χ2n) is 8.35. The Balaban J connectivity index is 1.67. The molecule has 6 heteroatoms. The minimum atomic E-state index is -3.15. The third-order valence-corrected chi connectivity index (χ3v) is 7.76. The molecular weight excluding hydrogens is 350 g/mol. The van der Waals surface area contributed by atoms with E-state index in [2.05, 4.69) is 30.4 Å². The van der Waals surface area contributed by atoms with Crippen molar-refractivity contribution in [3.05, 3.63) is 23.3 Å². The van der Waals surface area contributed by atoms with Gasteiger partial charge in [0.25, 0.3) is 0 Å². The minimum Gasteiger partial charge on any atom is -0.451 e.